The van der Waals surface area contributed by atoms with Crippen LogP contribution in [0, 0.1) is 0 Å². The summed E-state index contributed by atoms with van der Waals surface area (Å²) in [5, 5.41) is 5.48. The fourth-order valence-electron chi connectivity index (χ4n) is 3.45. The van der Waals surface area contributed by atoms with Crippen molar-refractivity contribution in [1.29, 1.82) is 0 Å². The first-order valence-electron chi connectivity index (χ1n) is 7.90. The number of furan rings is 1. The Bertz CT molecular complexity index is 1220. The molecule has 0 N–H and O–H groups in total. The molecule has 1 aromatic heterocycles. The minimum absolute atomic E-state index is 0.728. The third-order valence-electron chi connectivity index (χ3n) is 4.52. The second-order valence-corrected chi connectivity index (χ2v) is 6.39. The van der Waals surface area contributed by atoms with Gasteiger partial charge in [0.1, 0.15) is 11.2 Å². The molecule has 24 heavy (non-hydrogen) atoms. The van der Waals surface area contributed by atoms with Crippen LogP contribution < -0.4 is 0 Å². The molecule has 0 radical (unpaired) electrons. The number of hydrogen-bond acceptors (Lipinski definition) is 1. The Morgan fingerprint density at radius 3 is 2.46 bits per heavy atom. The molecule has 0 saturated heterocycles. The monoisotopic (exact) mass is 328 g/mol. The Kier molecular flexibility index (Phi) is 2.91. The third-order valence-corrected chi connectivity index (χ3v) is 4.76. The molecule has 0 saturated carbocycles. The van der Waals surface area contributed by atoms with Crippen molar-refractivity contribution in [2.45, 2.75) is 0 Å². The van der Waals surface area contributed by atoms with Crippen LogP contribution in [0.4, 0.5) is 0 Å². The van der Waals surface area contributed by atoms with Crippen molar-refractivity contribution in [3.8, 4) is 11.1 Å². The van der Waals surface area contributed by atoms with E-state index in [1.54, 1.807) is 0 Å². The van der Waals surface area contributed by atoms with Crippen LogP contribution in [0.5, 0.6) is 0 Å². The highest BCUT2D eigenvalue weighted by molar-refractivity contribution is 6.31. The van der Waals surface area contributed by atoms with Gasteiger partial charge in [-0.15, -0.1) is 0 Å². The highest BCUT2D eigenvalue weighted by Gasteiger charge is 2.14. The van der Waals surface area contributed by atoms with E-state index in [0.717, 1.165) is 32.7 Å². The summed E-state index contributed by atoms with van der Waals surface area (Å²) in [5.41, 5.74) is 3.95. The van der Waals surface area contributed by atoms with E-state index in [1.165, 1.54) is 16.2 Å². The lowest BCUT2D eigenvalue weighted by molar-refractivity contribution is 0.670. The van der Waals surface area contributed by atoms with Gasteiger partial charge in [-0.05, 0) is 34.5 Å². The summed E-state index contributed by atoms with van der Waals surface area (Å²) in [4.78, 5) is 0. The smallest absolute Gasteiger partial charge is 0.143 e. The topological polar surface area (TPSA) is 13.1 Å². The van der Waals surface area contributed by atoms with Gasteiger partial charge in [0.25, 0.3) is 0 Å². The van der Waals surface area contributed by atoms with Gasteiger partial charge in [0.05, 0.1) is 0 Å². The zero-order valence-electron chi connectivity index (χ0n) is 12.8. The van der Waals surface area contributed by atoms with E-state index in [0.29, 0.717) is 0 Å². The minimum Gasteiger partial charge on any atom is -0.455 e. The maximum Gasteiger partial charge on any atom is 0.143 e. The van der Waals surface area contributed by atoms with Crippen LogP contribution in [0.2, 0.25) is 5.02 Å². The fourth-order valence-corrected chi connectivity index (χ4v) is 3.64. The minimum atomic E-state index is 0.728. The summed E-state index contributed by atoms with van der Waals surface area (Å²) in [6.45, 7) is 0. The maximum absolute atomic E-state index is 6.24. The molecule has 1 heterocycles. The lowest BCUT2D eigenvalue weighted by atomic mass is 10.00. The van der Waals surface area contributed by atoms with Crippen LogP contribution in [0.1, 0.15) is 0 Å². The summed E-state index contributed by atoms with van der Waals surface area (Å²) < 4.78 is 6.24. The zero-order chi connectivity index (χ0) is 16.1. The largest absolute Gasteiger partial charge is 0.455 e. The van der Waals surface area contributed by atoms with Crippen molar-refractivity contribution >= 4 is 44.3 Å². The highest BCUT2D eigenvalue weighted by atomic mass is 35.5. The lowest BCUT2D eigenvalue weighted by Crippen LogP contribution is -1.79. The third kappa shape index (κ3) is 1.95. The summed E-state index contributed by atoms with van der Waals surface area (Å²) in [5.74, 6) is 0. The molecule has 5 aromatic rings. The van der Waals surface area contributed by atoms with Crippen LogP contribution in [-0.2, 0) is 0 Å². The Morgan fingerprint density at radius 2 is 1.54 bits per heavy atom. The first-order chi connectivity index (χ1) is 11.8. The average molecular weight is 329 g/mol. The van der Waals surface area contributed by atoms with Crippen LogP contribution >= 0.6 is 11.6 Å². The fraction of sp³-hybridized carbons (Fsp3) is 0. The van der Waals surface area contributed by atoms with Crippen molar-refractivity contribution in [2.75, 3.05) is 0 Å². The molecule has 0 bridgehead atoms. The first kappa shape index (κ1) is 13.6. The molecular weight excluding hydrogens is 316 g/mol. The Labute approximate surface area is 144 Å². The summed E-state index contributed by atoms with van der Waals surface area (Å²) in [6.07, 6.45) is 0. The van der Waals surface area contributed by atoms with Gasteiger partial charge in [-0.3, -0.25) is 0 Å². The van der Waals surface area contributed by atoms with Crippen molar-refractivity contribution in [1.82, 2.24) is 0 Å². The van der Waals surface area contributed by atoms with Crippen molar-refractivity contribution < 1.29 is 4.42 Å². The zero-order valence-corrected chi connectivity index (χ0v) is 13.5. The molecule has 0 aliphatic carbocycles. The SMILES string of the molecule is Clc1cccc(-c2cccc3c2oc2ccc4ccccc4c23)c1. The lowest BCUT2D eigenvalue weighted by Gasteiger charge is -2.03. The normalized spacial score (nSPS) is 11.5. The molecule has 2 heteroatoms. The van der Waals surface area contributed by atoms with Gasteiger partial charge in [-0.2, -0.15) is 0 Å². The van der Waals surface area contributed by atoms with Gasteiger partial charge in [-0.1, -0.05) is 72.3 Å². The van der Waals surface area contributed by atoms with Crippen LogP contribution in [0.3, 0.4) is 0 Å². The number of hydrogen-bond donors (Lipinski definition) is 0. The summed E-state index contributed by atoms with van der Waals surface area (Å²) in [6, 6.07) is 26.8. The van der Waals surface area contributed by atoms with Crippen molar-refractivity contribution in [2.24, 2.45) is 0 Å². The standard InChI is InChI=1S/C22H13ClO/c23-16-7-3-6-15(13-16)18-9-4-10-19-21-17-8-2-1-5-14(17)11-12-20(21)24-22(18)19/h1-13H. The molecule has 0 aliphatic rings. The van der Waals surface area contributed by atoms with Crippen LogP contribution in [0.15, 0.2) is 83.3 Å². The molecule has 0 fully saturated rings. The molecule has 1 nitrogen and oxygen atoms in total. The van der Waals surface area contributed by atoms with E-state index in [1.807, 2.05) is 18.2 Å². The molecule has 0 amide bonds. The molecular formula is C22H13ClO. The quantitative estimate of drug-likeness (QED) is 0.321. The van der Waals surface area contributed by atoms with Gasteiger partial charge < -0.3 is 4.42 Å². The second-order valence-electron chi connectivity index (χ2n) is 5.95. The van der Waals surface area contributed by atoms with E-state index in [-0.39, 0.29) is 0 Å². The van der Waals surface area contributed by atoms with E-state index in [2.05, 4.69) is 60.7 Å². The molecule has 0 unspecified atom stereocenters. The second kappa shape index (κ2) is 5.12. The molecule has 4 aromatic carbocycles. The summed E-state index contributed by atoms with van der Waals surface area (Å²) in [7, 11) is 0. The van der Waals surface area contributed by atoms with Gasteiger partial charge in [0.15, 0.2) is 0 Å². The van der Waals surface area contributed by atoms with E-state index in [4.69, 9.17) is 16.0 Å². The average Bonchev–Trinajstić information content (AvgIpc) is 3.01. The van der Waals surface area contributed by atoms with Crippen LogP contribution in [-0.4, -0.2) is 0 Å². The molecule has 114 valence electrons. The molecule has 0 aliphatic heterocycles. The number of benzene rings is 4. The Balaban J connectivity index is 1.93. The van der Waals surface area contributed by atoms with E-state index >= 15 is 0 Å². The van der Waals surface area contributed by atoms with Gasteiger partial charge >= 0.3 is 0 Å². The predicted molar refractivity (Wildman–Crippen MR) is 102 cm³/mol. The molecule has 0 spiro atoms. The van der Waals surface area contributed by atoms with Crippen molar-refractivity contribution in [3.63, 3.8) is 0 Å². The Morgan fingerprint density at radius 1 is 0.708 bits per heavy atom. The van der Waals surface area contributed by atoms with Crippen molar-refractivity contribution in [3.05, 3.63) is 83.9 Å². The molecule has 5 rings (SSSR count). The number of para-hydroxylation sites is 1. The number of halogens is 1. The van der Waals surface area contributed by atoms with Gasteiger partial charge in [0, 0.05) is 21.4 Å². The molecule has 0 atom stereocenters. The van der Waals surface area contributed by atoms with E-state index in [9.17, 15) is 0 Å². The predicted octanol–water partition coefficient (Wildman–Crippen LogP) is 7.06. The van der Waals surface area contributed by atoms with Crippen LogP contribution in [0.25, 0.3) is 43.8 Å². The maximum atomic E-state index is 6.24. The summed E-state index contributed by atoms with van der Waals surface area (Å²) >= 11 is 6.17. The number of rotatable bonds is 1. The Hall–Kier alpha value is -2.77. The highest BCUT2D eigenvalue weighted by Crippen LogP contribution is 2.39. The number of fused-ring (bicyclic) bond motifs is 5. The van der Waals surface area contributed by atoms with E-state index < -0.39 is 0 Å². The van der Waals surface area contributed by atoms with Gasteiger partial charge in [0.2, 0.25) is 0 Å². The van der Waals surface area contributed by atoms with Gasteiger partial charge in [-0.25, -0.2) is 0 Å². The first-order valence-corrected chi connectivity index (χ1v) is 8.28.